The Morgan fingerprint density at radius 1 is 1.21 bits per heavy atom. The van der Waals surface area contributed by atoms with Crippen LogP contribution in [0.5, 0.6) is 0 Å². The van der Waals surface area contributed by atoms with Crippen LogP contribution in [0, 0.1) is 12.3 Å². The Balaban J connectivity index is 2.72. The Kier molecular flexibility index (Phi) is 3.70. The minimum absolute atomic E-state index is 0.0370. The van der Waals surface area contributed by atoms with Crippen LogP contribution in [0.25, 0.3) is 0 Å². The molecule has 0 fully saturated rings. The molecule has 0 aliphatic carbocycles. The van der Waals surface area contributed by atoms with Crippen LogP contribution in [-0.4, -0.2) is 11.7 Å². The highest BCUT2D eigenvalue weighted by atomic mass is 16.3. The largest absolute Gasteiger partial charge is 0.396 e. The number of rotatable bonds is 4. The highest BCUT2D eigenvalue weighted by Crippen LogP contribution is 2.25. The summed E-state index contributed by atoms with van der Waals surface area (Å²) in [6, 6.07) is 8.56. The quantitative estimate of drug-likeness (QED) is 0.777. The van der Waals surface area contributed by atoms with Crippen LogP contribution in [0.2, 0.25) is 0 Å². The van der Waals surface area contributed by atoms with Gasteiger partial charge in [0.15, 0.2) is 0 Å². The molecule has 0 radical (unpaired) electrons. The number of aryl methyl sites for hydroxylation is 1. The molecule has 1 unspecified atom stereocenters. The third-order valence-corrected chi connectivity index (χ3v) is 2.99. The summed E-state index contributed by atoms with van der Waals surface area (Å²) in [5.74, 6) is 0. The Hall–Kier alpha value is -0.820. The smallest absolute Gasteiger partial charge is 0.0487 e. The predicted molar refractivity (Wildman–Crippen MR) is 60.4 cm³/mol. The molecule has 0 spiro atoms. The van der Waals surface area contributed by atoms with E-state index in [2.05, 4.69) is 45.0 Å². The second-order valence-electron chi connectivity index (χ2n) is 4.48. The maximum absolute atomic E-state index is 9.30. The summed E-state index contributed by atoms with van der Waals surface area (Å²) in [5.41, 5.74) is 2.64. The van der Waals surface area contributed by atoms with Gasteiger partial charge in [-0.1, -0.05) is 43.7 Å². The van der Waals surface area contributed by atoms with Crippen LogP contribution in [-0.2, 0) is 6.42 Å². The van der Waals surface area contributed by atoms with Gasteiger partial charge in [0.25, 0.3) is 0 Å². The van der Waals surface area contributed by atoms with E-state index in [0.717, 1.165) is 12.8 Å². The molecule has 1 aromatic carbocycles. The molecule has 0 amide bonds. The van der Waals surface area contributed by atoms with Gasteiger partial charge in [-0.2, -0.15) is 0 Å². The molecule has 14 heavy (non-hydrogen) atoms. The zero-order chi connectivity index (χ0) is 10.6. The summed E-state index contributed by atoms with van der Waals surface area (Å²) in [6.45, 7) is 6.61. The van der Waals surface area contributed by atoms with Crippen LogP contribution < -0.4 is 0 Å². The molecule has 0 heterocycles. The third kappa shape index (κ3) is 2.85. The van der Waals surface area contributed by atoms with Gasteiger partial charge in [-0.15, -0.1) is 0 Å². The molecule has 1 atom stereocenters. The molecule has 1 aromatic rings. The first kappa shape index (κ1) is 11.3. The highest BCUT2D eigenvalue weighted by Gasteiger charge is 2.20. The van der Waals surface area contributed by atoms with E-state index in [1.807, 2.05) is 0 Å². The molecule has 0 aliphatic heterocycles. The molecule has 0 aromatic heterocycles. The van der Waals surface area contributed by atoms with E-state index >= 15 is 0 Å². The standard InChI is InChI=1S/C13H20O/c1-4-13(3,10-14)9-12-7-5-11(2)6-8-12/h5-8,14H,4,9-10H2,1-3H3. The Bertz CT molecular complexity index is 270. The van der Waals surface area contributed by atoms with E-state index < -0.39 is 0 Å². The van der Waals surface area contributed by atoms with E-state index in [-0.39, 0.29) is 12.0 Å². The Morgan fingerprint density at radius 2 is 1.79 bits per heavy atom. The van der Waals surface area contributed by atoms with Crippen LogP contribution in [0.15, 0.2) is 24.3 Å². The zero-order valence-electron chi connectivity index (χ0n) is 9.38. The fourth-order valence-corrected chi connectivity index (χ4v) is 1.49. The van der Waals surface area contributed by atoms with E-state index in [1.54, 1.807) is 0 Å². The molecule has 0 aliphatic rings. The lowest BCUT2D eigenvalue weighted by Gasteiger charge is -2.25. The van der Waals surface area contributed by atoms with E-state index in [4.69, 9.17) is 0 Å². The number of aliphatic hydroxyl groups is 1. The molecular formula is C13H20O. The van der Waals surface area contributed by atoms with Crippen molar-refractivity contribution in [3.8, 4) is 0 Å². The maximum atomic E-state index is 9.30. The van der Waals surface area contributed by atoms with Gasteiger partial charge in [-0.05, 0) is 30.7 Å². The van der Waals surface area contributed by atoms with Crippen molar-refractivity contribution in [3.05, 3.63) is 35.4 Å². The summed E-state index contributed by atoms with van der Waals surface area (Å²) < 4.78 is 0. The lowest BCUT2D eigenvalue weighted by atomic mass is 9.82. The van der Waals surface area contributed by atoms with E-state index in [1.165, 1.54) is 11.1 Å². The van der Waals surface area contributed by atoms with Crippen molar-refractivity contribution < 1.29 is 5.11 Å². The van der Waals surface area contributed by atoms with Crippen LogP contribution in [0.4, 0.5) is 0 Å². The second kappa shape index (κ2) is 4.61. The molecule has 1 N–H and O–H groups in total. The monoisotopic (exact) mass is 192 g/mol. The minimum Gasteiger partial charge on any atom is -0.396 e. The van der Waals surface area contributed by atoms with Crippen molar-refractivity contribution in [2.75, 3.05) is 6.61 Å². The van der Waals surface area contributed by atoms with Gasteiger partial charge in [0.05, 0.1) is 0 Å². The minimum atomic E-state index is 0.0370. The molecule has 1 rings (SSSR count). The van der Waals surface area contributed by atoms with Crippen LogP contribution >= 0.6 is 0 Å². The predicted octanol–water partition coefficient (Wildman–Crippen LogP) is 2.95. The number of hydrogen-bond acceptors (Lipinski definition) is 1. The van der Waals surface area contributed by atoms with Crippen molar-refractivity contribution in [2.45, 2.75) is 33.6 Å². The molecule has 0 saturated carbocycles. The molecular weight excluding hydrogens is 172 g/mol. The van der Waals surface area contributed by atoms with Crippen LogP contribution in [0.1, 0.15) is 31.4 Å². The van der Waals surface area contributed by atoms with E-state index in [9.17, 15) is 5.11 Å². The summed E-state index contributed by atoms with van der Waals surface area (Å²) in [6.07, 6.45) is 1.97. The zero-order valence-corrected chi connectivity index (χ0v) is 9.38. The molecule has 78 valence electrons. The van der Waals surface area contributed by atoms with Gasteiger partial charge in [0, 0.05) is 6.61 Å². The molecule has 0 saturated heterocycles. The first-order valence-electron chi connectivity index (χ1n) is 5.26. The first-order valence-corrected chi connectivity index (χ1v) is 5.26. The van der Waals surface area contributed by atoms with Gasteiger partial charge in [0.1, 0.15) is 0 Å². The second-order valence-corrected chi connectivity index (χ2v) is 4.48. The van der Waals surface area contributed by atoms with Gasteiger partial charge >= 0.3 is 0 Å². The normalized spacial score (nSPS) is 15.1. The molecule has 1 heteroatoms. The summed E-state index contributed by atoms with van der Waals surface area (Å²) in [7, 11) is 0. The number of hydrogen-bond donors (Lipinski definition) is 1. The molecule has 0 bridgehead atoms. The van der Waals surface area contributed by atoms with Crippen molar-refractivity contribution >= 4 is 0 Å². The fraction of sp³-hybridized carbons (Fsp3) is 0.538. The topological polar surface area (TPSA) is 20.2 Å². The lowest BCUT2D eigenvalue weighted by molar-refractivity contribution is 0.138. The van der Waals surface area contributed by atoms with Crippen molar-refractivity contribution in [2.24, 2.45) is 5.41 Å². The average molecular weight is 192 g/mol. The van der Waals surface area contributed by atoms with E-state index in [0.29, 0.717) is 0 Å². The van der Waals surface area contributed by atoms with Crippen molar-refractivity contribution in [1.29, 1.82) is 0 Å². The SMILES string of the molecule is CCC(C)(CO)Cc1ccc(C)cc1. The third-order valence-electron chi connectivity index (χ3n) is 2.99. The number of benzene rings is 1. The Labute approximate surface area is 86.8 Å². The van der Waals surface area contributed by atoms with Gasteiger partial charge in [-0.25, -0.2) is 0 Å². The highest BCUT2D eigenvalue weighted by molar-refractivity contribution is 5.22. The number of aliphatic hydroxyl groups excluding tert-OH is 1. The van der Waals surface area contributed by atoms with Crippen molar-refractivity contribution in [3.63, 3.8) is 0 Å². The summed E-state index contributed by atoms with van der Waals surface area (Å²) in [4.78, 5) is 0. The summed E-state index contributed by atoms with van der Waals surface area (Å²) >= 11 is 0. The van der Waals surface area contributed by atoms with Crippen LogP contribution in [0.3, 0.4) is 0 Å². The van der Waals surface area contributed by atoms with Gasteiger partial charge in [-0.3, -0.25) is 0 Å². The maximum Gasteiger partial charge on any atom is 0.0487 e. The first-order chi connectivity index (χ1) is 6.59. The summed E-state index contributed by atoms with van der Waals surface area (Å²) in [5, 5.41) is 9.30. The fourth-order valence-electron chi connectivity index (χ4n) is 1.49. The van der Waals surface area contributed by atoms with Gasteiger partial charge in [0.2, 0.25) is 0 Å². The Morgan fingerprint density at radius 3 is 2.21 bits per heavy atom. The molecule has 1 nitrogen and oxygen atoms in total. The average Bonchev–Trinajstić information content (AvgIpc) is 2.21. The van der Waals surface area contributed by atoms with Crippen molar-refractivity contribution in [1.82, 2.24) is 0 Å². The van der Waals surface area contributed by atoms with Gasteiger partial charge < -0.3 is 5.11 Å². The lowest BCUT2D eigenvalue weighted by Crippen LogP contribution is -2.23.